The van der Waals surface area contributed by atoms with Crippen LogP contribution in [0.15, 0.2) is 36.4 Å². The fourth-order valence-electron chi connectivity index (χ4n) is 2.46. The lowest BCUT2D eigenvalue weighted by atomic mass is 10.1. The molecule has 0 aliphatic rings. The van der Waals surface area contributed by atoms with E-state index in [0.717, 1.165) is 11.8 Å². The molecule has 0 bridgehead atoms. The van der Waals surface area contributed by atoms with Crippen LogP contribution in [-0.4, -0.2) is 15.8 Å². The van der Waals surface area contributed by atoms with Crippen molar-refractivity contribution in [2.75, 3.05) is 5.73 Å². The number of carbonyl (C=O) groups excluding carboxylic acids is 1. The first-order chi connectivity index (χ1) is 9.19. The van der Waals surface area contributed by atoms with Gasteiger partial charge in [-0.1, -0.05) is 18.2 Å². The minimum absolute atomic E-state index is 0.520. The van der Waals surface area contributed by atoms with E-state index in [1.807, 2.05) is 19.2 Å². The maximum Gasteiger partial charge on any atom is 0.166 e. The fraction of sp³-hybridized carbons (Fsp3) is 0.133. The highest BCUT2D eigenvalue weighted by Crippen LogP contribution is 2.23. The summed E-state index contributed by atoms with van der Waals surface area (Å²) in [6.45, 7) is 0. The number of aromatic amines is 1. The Hall–Kier alpha value is -2.49. The normalized spacial score (nSPS) is 11.0. The van der Waals surface area contributed by atoms with Gasteiger partial charge in [0.25, 0.3) is 0 Å². The van der Waals surface area contributed by atoms with Crippen molar-refractivity contribution < 1.29 is 4.79 Å². The van der Waals surface area contributed by atoms with Gasteiger partial charge in [-0.05, 0) is 23.6 Å². The lowest BCUT2D eigenvalue weighted by molar-refractivity contribution is 0.111. The maximum atomic E-state index is 10.7. The number of aryl methyl sites for hydroxylation is 1. The standard InChI is InChI=1S/C15H15N3O/c1-18-13(7-10-4-2-3-5-14(10)18)8-11-6-12(9-19)17-15(11)16/h2-7,9,17H,8,16H2,1H3. The molecule has 0 saturated heterocycles. The summed E-state index contributed by atoms with van der Waals surface area (Å²) in [5.41, 5.74) is 9.72. The van der Waals surface area contributed by atoms with Crippen LogP contribution in [0.25, 0.3) is 10.9 Å². The number of para-hydroxylation sites is 1. The summed E-state index contributed by atoms with van der Waals surface area (Å²) in [6, 6.07) is 12.2. The van der Waals surface area contributed by atoms with E-state index in [9.17, 15) is 4.79 Å². The zero-order valence-electron chi connectivity index (χ0n) is 10.7. The summed E-state index contributed by atoms with van der Waals surface area (Å²) < 4.78 is 2.16. The topological polar surface area (TPSA) is 63.8 Å². The molecule has 3 aromatic rings. The van der Waals surface area contributed by atoms with Crippen LogP contribution in [0, 0.1) is 0 Å². The van der Waals surface area contributed by atoms with Crippen molar-refractivity contribution in [3.8, 4) is 0 Å². The predicted octanol–water partition coefficient (Wildman–Crippen LogP) is 2.49. The van der Waals surface area contributed by atoms with E-state index in [-0.39, 0.29) is 0 Å². The van der Waals surface area contributed by atoms with Gasteiger partial charge in [-0.2, -0.15) is 0 Å². The van der Waals surface area contributed by atoms with Crippen LogP contribution < -0.4 is 5.73 Å². The molecule has 96 valence electrons. The number of benzene rings is 1. The molecule has 0 fully saturated rings. The summed E-state index contributed by atoms with van der Waals surface area (Å²) in [5.74, 6) is 0.562. The van der Waals surface area contributed by atoms with E-state index in [1.165, 1.54) is 16.6 Å². The van der Waals surface area contributed by atoms with Gasteiger partial charge in [-0.25, -0.2) is 0 Å². The number of H-pyrrole nitrogens is 1. The third kappa shape index (κ3) is 1.91. The van der Waals surface area contributed by atoms with Crippen LogP contribution in [0.3, 0.4) is 0 Å². The minimum atomic E-state index is 0.520. The number of anilines is 1. The Morgan fingerprint density at radius 2 is 2.11 bits per heavy atom. The van der Waals surface area contributed by atoms with Crippen LogP contribution in [0.5, 0.6) is 0 Å². The number of fused-ring (bicyclic) bond motifs is 1. The number of hydrogen-bond donors (Lipinski definition) is 2. The second-order valence-corrected chi connectivity index (χ2v) is 4.71. The minimum Gasteiger partial charge on any atom is -0.385 e. The first-order valence-corrected chi connectivity index (χ1v) is 6.15. The molecule has 3 rings (SSSR count). The van der Waals surface area contributed by atoms with Crippen LogP contribution in [0.4, 0.5) is 5.82 Å². The number of nitrogens with two attached hydrogens (primary N) is 1. The van der Waals surface area contributed by atoms with Crippen molar-refractivity contribution in [2.45, 2.75) is 6.42 Å². The molecule has 0 spiro atoms. The molecule has 4 heteroatoms. The maximum absolute atomic E-state index is 10.7. The summed E-state index contributed by atoms with van der Waals surface area (Å²) in [5, 5.41) is 1.21. The van der Waals surface area contributed by atoms with Crippen molar-refractivity contribution in [3.05, 3.63) is 53.3 Å². The van der Waals surface area contributed by atoms with Crippen LogP contribution in [0.2, 0.25) is 0 Å². The lowest BCUT2D eigenvalue weighted by Gasteiger charge is -2.03. The van der Waals surface area contributed by atoms with Gasteiger partial charge in [0, 0.05) is 30.2 Å². The summed E-state index contributed by atoms with van der Waals surface area (Å²) in [4.78, 5) is 13.6. The van der Waals surface area contributed by atoms with Gasteiger partial charge in [0.15, 0.2) is 6.29 Å². The van der Waals surface area contributed by atoms with E-state index in [1.54, 1.807) is 6.07 Å². The molecule has 0 unspecified atom stereocenters. The second-order valence-electron chi connectivity index (χ2n) is 4.71. The van der Waals surface area contributed by atoms with E-state index >= 15 is 0 Å². The highest BCUT2D eigenvalue weighted by molar-refractivity contribution is 5.81. The van der Waals surface area contributed by atoms with Gasteiger partial charge >= 0.3 is 0 Å². The van der Waals surface area contributed by atoms with Crippen molar-refractivity contribution in [3.63, 3.8) is 0 Å². The molecule has 1 aromatic carbocycles. The first kappa shape index (κ1) is 11.6. The number of hydrogen-bond acceptors (Lipinski definition) is 2. The number of rotatable bonds is 3. The highest BCUT2D eigenvalue weighted by atomic mass is 16.1. The molecule has 0 aliphatic heterocycles. The summed E-state index contributed by atoms with van der Waals surface area (Å²) >= 11 is 0. The number of nitrogens with one attached hydrogen (secondary N) is 1. The molecule has 19 heavy (non-hydrogen) atoms. The Labute approximate surface area is 110 Å². The number of nitrogens with zero attached hydrogens (tertiary/aromatic N) is 1. The van der Waals surface area contributed by atoms with Crippen LogP contribution in [-0.2, 0) is 13.5 Å². The zero-order chi connectivity index (χ0) is 13.4. The summed E-state index contributed by atoms with van der Waals surface area (Å²) in [6.07, 6.45) is 1.49. The molecule has 4 nitrogen and oxygen atoms in total. The molecule has 0 aliphatic carbocycles. The monoisotopic (exact) mass is 253 g/mol. The molecule has 0 atom stereocenters. The molecule has 0 radical (unpaired) electrons. The molecular formula is C15H15N3O. The van der Waals surface area contributed by atoms with Crippen molar-refractivity contribution in [1.82, 2.24) is 9.55 Å². The fourth-order valence-corrected chi connectivity index (χ4v) is 2.46. The van der Waals surface area contributed by atoms with Crippen molar-refractivity contribution in [2.24, 2.45) is 7.05 Å². The number of aromatic nitrogens is 2. The predicted molar refractivity (Wildman–Crippen MR) is 76.3 cm³/mol. The Balaban J connectivity index is 2.03. The van der Waals surface area contributed by atoms with Gasteiger partial charge in [0.05, 0.1) is 5.69 Å². The third-order valence-electron chi connectivity index (χ3n) is 3.50. The Kier molecular flexibility index (Phi) is 2.63. The quantitative estimate of drug-likeness (QED) is 0.704. The van der Waals surface area contributed by atoms with Crippen molar-refractivity contribution in [1.29, 1.82) is 0 Å². The Bertz CT molecular complexity index is 752. The van der Waals surface area contributed by atoms with Crippen LogP contribution in [0.1, 0.15) is 21.7 Å². The van der Waals surface area contributed by atoms with E-state index in [0.29, 0.717) is 17.9 Å². The Morgan fingerprint density at radius 3 is 2.79 bits per heavy atom. The summed E-state index contributed by atoms with van der Waals surface area (Å²) in [7, 11) is 2.04. The number of aldehydes is 1. The number of nitrogen functional groups attached to an aromatic ring is 1. The van der Waals surface area contributed by atoms with Crippen molar-refractivity contribution >= 4 is 23.0 Å². The van der Waals surface area contributed by atoms with Crippen LogP contribution >= 0.6 is 0 Å². The van der Waals surface area contributed by atoms with Gasteiger partial charge in [0.2, 0.25) is 0 Å². The Morgan fingerprint density at radius 1 is 1.32 bits per heavy atom. The SMILES string of the molecule is Cn1c(Cc2cc(C=O)[nH]c2N)cc2ccccc21. The van der Waals surface area contributed by atoms with Gasteiger partial charge in [-0.15, -0.1) is 0 Å². The first-order valence-electron chi connectivity index (χ1n) is 6.15. The largest absolute Gasteiger partial charge is 0.385 e. The molecule has 2 aromatic heterocycles. The average molecular weight is 253 g/mol. The third-order valence-corrected chi connectivity index (χ3v) is 3.50. The van der Waals surface area contributed by atoms with E-state index < -0.39 is 0 Å². The van der Waals surface area contributed by atoms with Gasteiger partial charge in [-0.3, -0.25) is 4.79 Å². The molecular weight excluding hydrogens is 238 g/mol. The molecule has 2 heterocycles. The van der Waals surface area contributed by atoms with Gasteiger partial charge in [0.1, 0.15) is 5.82 Å². The van der Waals surface area contributed by atoms with Gasteiger partial charge < -0.3 is 15.3 Å². The molecule has 3 N–H and O–H groups in total. The van der Waals surface area contributed by atoms with E-state index in [2.05, 4.69) is 27.8 Å². The smallest absolute Gasteiger partial charge is 0.166 e. The van der Waals surface area contributed by atoms with E-state index in [4.69, 9.17) is 5.73 Å². The average Bonchev–Trinajstić information content (AvgIpc) is 2.93. The number of carbonyl (C=O) groups is 1. The molecule has 0 saturated carbocycles. The highest BCUT2D eigenvalue weighted by Gasteiger charge is 2.10. The molecule has 0 amide bonds. The second kappa shape index (κ2) is 4.31. The zero-order valence-corrected chi connectivity index (χ0v) is 10.7. The lowest BCUT2D eigenvalue weighted by Crippen LogP contribution is -1.99.